The molecule has 0 bridgehead atoms. The van der Waals surface area contributed by atoms with E-state index in [9.17, 15) is 18.0 Å². The van der Waals surface area contributed by atoms with E-state index in [4.69, 9.17) is 14.9 Å². The van der Waals surface area contributed by atoms with E-state index >= 15 is 0 Å². The number of aromatic nitrogens is 2. The van der Waals surface area contributed by atoms with E-state index in [1.165, 1.54) is 24.0 Å². The fourth-order valence-electron chi connectivity index (χ4n) is 4.26. The van der Waals surface area contributed by atoms with Crippen LogP contribution in [0.4, 0.5) is 13.2 Å². The quantitative estimate of drug-likeness (QED) is 0.534. The van der Waals surface area contributed by atoms with Crippen LogP contribution in [-0.4, -0.2) is 27.2 Å². The molecule has 34 heavy (non-hydrogen) atoms. The monoisotopic (exact) mass is 479 g/mol. The predicted molar refractivity (Wildman–Crippen MR) is 122 cm³/mol. The van der Waals surface area contributed by atoms with Gasteiger partial charge >= 0.3 is 12.1 Å². The topological polar surface area (TPSA) is 95.1 Å². The fraction of sp³-hybridized carbons (Fsp3) is 0.560. The zero-order valence-corrected chi connectivity index (χ0v) is 19.5. The molecule has 3 N–H and O–H groups in total. The van der Waals surface area contributed by atoms with Gasteiger partial charge in [0.1, 0.15) is 5.82 Å². The van der Waals surface area contributed by atoms with Crippen LogP contribution in [0.3, 0.4) is 0 Å². The number of halogens is 3. The summed E-state index contributed by atoms with van der Waals surface area (Å²) in [6.07, 6.45) is 2.66. The van der Waals surface area contributed by atoms with Gasteiger partial charge in [0.25, 0.3) is 5.56 Å². The van der Waals surface area contributed by atoms with E-state index in [-0.39, 0.29) is 5.56 Å². The standard InChI is InChI=1S/C23H31N3O.C2HF3O2/c1-15(2)13-16-7-9-17(10-8-16)22(18-11-12-18)24-14-21-25-20-6-4-3-5-19(20)23(27)26-21;3-2(4,5)1(6)7/h7-10,15,18,22,24H,3-6,11-14H2,1-2H3,(H,25,26,27);(H,6,7). The first-order valence-corrected chi connectivity index (χ1v) is 11.8. The first-order chi connectivity index (χ1) is 16.0. The summed E-state index contributed by atoms with van der Waals surface area (Å²) in [6, 6.07) is 9.43. The number of hydrogen-bond donors (Lipinski definition) is 3. The number of aromatic amines is 1. The van der Waals surface area contributed by atoms with Crippen LogP contribution in [0.2, 0.25) is 0 Å². The van der Waals surface area contributed by atoms with Gasteiger partial charge in [-0.15, -0.1) is 0 Å². The summed E-state index contributed by atoms with van der Waals surface area (Å²) in [4.78, 5) is 29.0. The molecule has 1 saturated carbocycles. The zero-order valence-electron chi connectivity index (χ0n) is 19.5. The minimum absolute atomic E-state index is 0.0671. The average molecular weight is 480 g/mol. The highest BCUT2D eigenvalue weighted by molar-refractivity contribution is 5.73. The Morgan fingerprint density at radius 3 is 2.35 bits per heavy atom. The normalized spacial score (nSPS) is 16.4. The number of carboxylic acid groups (broad SMARTS) is 1. The van der Waals surface area contributed by atoms with E-state index in [0.717, 1.165) is 49.2 Å². The van der Waals surface area contributed by atoms with Crippen molar-refractivity contribution in [2.45, 2.75) is 77.6 Å². The van der Waals surface area contributed by atoms with Gasteiger partial charge in [-0.3, -0.25) is 4.79 Å². The summed E-state index contributed by atoms with van der Waals surface area (Å²) < 4.78 is 31.7. The molecule has 0 spiro atoms. The highest BCUT2D eigenvalue weighted by Crippen LogP contribution is 2.41. The van der Waals surface area contributed by atoms with E-state index < -0.39 is 12.1 Å². The molecule has 2 aliphatic rings. The number of H-pyrrole nitrogens is 1. The number of benzene rings is 1. The summed E-state index contributed by atoms with van der Waals surface area (Å²) in [5.74, 6) is -0.597. The Balaban J connectivity index is 0.000000406. The molecule has 1 atom stereocenters. The van der Waals surface area contributed by atoms with Crippen LogP contribution in [0.25, 0.3) is 0 Å². The largest absolute Gasteiger partial charge is 0.490 e. The molecule has 0 radical (unpaired) electrons. The van der Waals surface area contributed by atoms with Gasteiger partial charge in [0.05, 0.1) is 12.2 Å². The minimum atomic E-state index is -5.08. The third kappa shape index (κ3) is 7.41. The molecule has 4 rings (SSSR count). The van der Waals surface area contributed by atoms with Crippen molar-refractivity contribution in [3.63, 3.8) is 0 Å². The summed E-state index contributed by atoms with van der Waals surface area (Å²) in [6.45, 7) is 5.14. The van der Waals surface area contributed by atoms with Crippen LogP contribution >= 0.6 is 0 Å². The van der Waals surface area contributed by atoms with E-state index in [2.05, 4.69) is 48.4 Å². The Kier molecular flexibility index (Phi) is 8.52. The van der Waals surface area contributed by atoms with Crippen LogP contribution in [0.5, 0.6) is 0 Å². The van der Waals surface area contributed by atoms with Gasteiger partial charge in [-0.2, -0.15) is 13.2 Å². The second-order valence-corrected chi connectivity index (χ2v) is 9.48. The molecule has 1 aromatic heterocycles. The maximum atomic E-state index is 12.3. The predicted octanol–water partition coefficient (Wildman–Crippen LogP) is 4.72. The molecule has 2 aromatic rings. The number of carboxylic acids is 1. The number of hydrogen-bond acceptors (Lipinski definition) is 4. The van der Waals surface area contributed by atoms with E-state index in [1.807, 2.05) is 0 Å². The summed E-state index contributed by atoms with van der Waals surface area (Å²) >= 11 is 0. The number of nitrogens with zero attached hydrogens (tertiary/aromatic N) is 1. The Morgan fingerprint density at radius 1 is 1.18 bits per heavy atom. The lowest BCUT2D eigenvalue weighted by atomic mass is 9.97. The van der Waals surface area contributed by atoms with Crippen LogP contribution in [-0.2, 0) is 30.6 Å². The molecule has 0 aliphatic heterocycles. The number of carbonyl (C=O) groups is 1. The molecular formula is C25H32F3N3O3. The molecule has 1 fully saturated rings. The molecule has 1 aromatic carbocycles. The maximum Gasteiger partial charge on any atom is 0.490 e. The number of aryl methyl sites for hydroxylation is 1. The highest BCUT2D eigenvalue weighted by Gasteiger charge is 2.38. The van der Waals surface area contributed by atoms with Gasteiger partial charge in [0.2, 0.25) is 0 Å². The van der Waals surface area contributed by atoms with Gasteiger partial charge < -0.3 is 15.4 Å². The summed E-state index contributed by atoms with van der Waals surface area (Å²) in [5, 5.41) is 10.8. The lowest BCUT2D eigenvalue weighted by Gasteiger charge is -2.20. The number of nitrogens with one attached hydrogen (secondary N) is 2. The smallest absolute Gasteiger partial charge is 0.475 e. The van der Waals surface area contributed by atoms with Crippen LogP contribution in [0.15, 0.2) is 29.1 Å². The molecule has 186 valence electrons. The second-order valence-electron chi connectivity index (χ2n) is 9.48. The lowest BCUT2D eigenvalue weighted by molar-refractivity contribution is -0.192. The first-order valence-electron chi connectivity index (χ1n) is 11.8. The number of alkyl halides is 3. The van der Waals surface area contributed by atoms with Crippen molar-refractivity contribution in [2.24, 2.45) is 11.8 Å². The van der Waals surface area contributed by atoms with Gasteiger partial charge in [-0.25, -0.2) is 9.78 Å². The summed E-state index contributed by atoms with van der Waals surface area (Å²) in [5.41, 5.74) is 4.75. The van der Waals surface area contributed by atoms with Gasteiger partial charge in [0.15, 0.2) is 0 Å². The van der Waals surface area contributed by atoms with Crippen LogP contribution in [0.1, 0.15) is 73.8 Å². The van der Waals surface area contributed by atoms with Crippen molar-refractivity contribution in [1.82, 2.24) is 15.3 Å². The zero-order chi connectivity index (χ0) is 24.9. The van der Waals surface area contributed by atoms with Crippen molar-refractivity contribution >= 4 is 5.97 Å². The van der Waals surface area contributed by atoms with Crippen molar-refractivity contribution < 1.29 is 23.1 Å². The SMILES string of the molecule is CC(C)Cc1ccc(C(NCc2nc3c(c(=O)[nH]2)CCCC3)C2CC2)cc1.O=C(O)C(F)(F)F. The number of fused-ring (bicyclic) bond motifs is 1. The lowest BCUT2D eigenvalue weighted by Crippen LogP contribution is -2.28. The van der Waals surface area contributed by atoms with E-state index in [0.29, 0.717) is 24.4 Å². The molecule has 2 aliphatic carbocycles. The minimum Gasteiger partial charge on any atom is -0.475 e. The molecular weight excluding hydrogens is 447 g/mol. The van der Waals surface area contributed by atoms with Crippen LogP contribution in [0, 0.1) is 11.8 Å². The Labute approximate surface area is 197 Å². The molecule has 9 heteroatoms. The van der Waals surface area contributed by atoms with Crippen molar-refractivity contribution in [1.29, 1.82) is 0 Å². The van der Waals surface area contributed by atoms with Crippen molar-refractivity contribution in [2.75, 3.05) is 0 Å². The Bertz CT molecular complexity index is 1030. The van der Waals surface area contributed by atoms with Gasteiger partial charge in [-0.1, -0.05) is 38.1 Å². The molecule has 1 unspecified atom stereocenters. The van der Waals surface area contributed by atoms with Crippen molar-refractivity contribution in [3.05, 3.63) is 62.8 Å². The van der Waals surface area contributed by atoms with Crippen molar-refractivity contribution in [3.8, 4) is 0 Å². The van der Waals surface area contributed by atoms with Gasteiger partial charge in [0, 0.05) is 11.6 Å². The van der Waals surface area contributed by atoms with Gasteiger partial charge in [-0.05, 0) is 67.9 Å². The molecule has 0 amide bonds. The Hall–Kier alpha value is -2.68. The molecule has 6 nitrogen and oxygen atoms in total. The fourth-order valence-corrected chi connectivity index (χ4v) is 4.26. The first kappa shape index (κ1) is 25.9. The third-order valence-electron chi connectivity index (χ3n) is 6.05. The molecule has 1 heterocycles. The maximum absolute atomic E-state index is 12.3. The van der Waals surface area contributed by atoms with Crippen LogP contribution < -0.4 is 10.9 Å². The molecule has 0 saturated heterocycles. The Morgan fingerprint density at radius 2 is 1.79 bits per heavy atom. The third-order valence-corrected chi connectivity index (χ3v) is 6.05. The van der Waals surface area contributed by atoms with E-state index in [1.54, 1.807) is 0 Å². The second kappa shape index (κ2) is 11.2. The summed E-state index contributed by atoms with van der Waals surface area (Å²) in [7, 11) is 0. The number of aliphatic carboxylic acids is 1. The average Bonchev–Trinajstić information content (AvgIpc) is 3.60. The number of rotatable bonds is 7. The highest BCUT2D eigenvalue weighted by atomic mass is 19.4.